The summed E-state index contributed by atoms with van der Waals surface area (Å²) in [6.07, 6.45) is 0.874. The fourth-order valence-electron chi connectivity index (χ4n) is 8.67. The molecule has 2 amide bonds. The Morgan fingerprint density at radius 2 is 0.618 bits per heavy atom. The van der Waals surface area contributed by atoms with E-state index in [2.05, 4.69) is 107 Å². The van der Waals surface area contributed by atoms with E-state index in [9.17, 15) is 40.2 Å². The SMILES string of the molecule is CC(C)(C)c1cc2c(O)c(c1)Cc1cc(C(C)(C)C)cc(c1OCC(=O)N(CCO)CCO)Cc1cc(C(C)(C)C)cc(c1O)Cc1cc(C(C)(C)C)cc(c1OCC(=O)N(CCO)CCO)C2. The summed E-state index contributed by atoms with van der Waals surface area (Å²) in [7, 11) is 0. The number of ether oxygens (including phenoxy) is 2. The molecule has 1 aliphatic carbocycles. The molecule has 12 nitrogen and oxygen atoms in total. The Kier molecular flexibility index (Phi) is 17.1. The van der Waals surface area contributed by atoms with E-state index in [0.29, 0.717) is 33.8 Å². The Hall–Kier alpha value is -5.14. The summed E-state index contributed by atoms with van der Waals surface area (Å²) >= 11 is 0. The number of rotatable bonds is 14. The Labute approximate surface area is 404 Å². The zero-order valence-electron chi connectivity index (χ0n) is 42.7. The highest BCUT2D eigenvalue weighted by molar-refractivity contribution is 5.78. The van der Waals surface area contributed by atoms with E-state index < -0.39 is 11.8 Å². The molecule has 8 bridgehead atoms. The molecule has 5 rings (SSSR count). The number of hydrogen-bond donors (Lipinski definition) is 6. The summed E-state index contributed by atoms with van der Waals surface area (Å²) < 4.78 is 13.3. The van der Waals surface area contributed by atoms with Crippen molar-refractivity contribution in [3.05, 3.63) is 115 Å². The van der Waals surface area contributed by atoms with Gasteiger partial charge in [0.2, 0.25) is 0 Å². The fraction of sp³-hybridized carbons (Fsp3) is 0.536. The van der Waals surface area contributed by atoms with Gasteiger partial charge in [-0.05, 0) is 88.4 Å². The summed E-state index contributed by atoms with van der Waals surface area (Å²) in [4.78, 5) is 30.1. The molecule has 0 spiro atoms. The molecule has 0 unspecified atom stereocenters. The van der Waals surface area contributed by atoms with E-state index in [4.69, 9.17) is 9.47 Å². The lowest BCUT2D eigenvalue weighted by molar-refractivity contribution is -0.135. The van der Waals surface area contributed by atoms with Gasteiger partial charge in [0.05, 0.1) is 26.4 Å². The van der Waals surface area contributed by atoms with Gasteiger partial charge in [-0.15, -0.1) is 0 Å². The lowest BCUT2D eigenvalue weighted by atomic mass is 9.79. The minimum atomic E-state index is -0.406. The van der Waals surface area contributed by atoms with Crippen molar-refractivity contribution >= 4 is 11.8 Å². The van der Waals surface area contributed by atoms with E-state index in [0.717, 1.165) is 44.5 Å². The zero-order chi connectivity index (χ0) is 50.5. The van der Waals surface area contributed by atoms with Crippen LogP contribution < -0.4 is 9.47 Å². The van der Waals surface area contributed by atoms with Crippen LogP contribution in [0.25, 0.3) is 0 Å². The summed E-state index contributed by atoms with van der Waals surface area (Å²) in [5, 5.41) is 64.2. The highest BCUT2D eigenvalue weighted by Gasteiger charge is 2.29. The van der Waals surface area contributed by atoms with Crippen molar-refractivity contribution in [2.45, 2.75) is 130 Å². The minimum Gasteiger partial charge on any atom is -0.507 e. The highest BCUT2D eigenvalue weighted by atomic mass is 16.5. The first-order valence-corrected chi connectivity index (χ1v) is 24.0. The van der Waals surface area contributed by atoms with E-state index >= 15 is 0 Å². The summed E-state index contributed by atoms with van der Waals surface area (Å²) in [6, 6.07) is 16.4. The molecule has 6 N–H and O–H groups in total. The largest absolute Gasteiger partial charge is 0.507 e. The van der Waals surface area contributed by atoms with Gasteiger partial charge in [0, 0.05) is 51.9 Å². The lowest BCUT2D eigenvalue weighted by Crippen LogP contribution is -2.39. The highest BCUT2D eigenvalue weighted by Crippen LogP contribution is 2.44. The molecule has 0 radical (unpaired) electrons. The van der Waals surface area contributed by atoms with Gasteiger partial charge in [0.15, 0.2) is 13.2 Å². The van der Waals surface area contributed by atoms with Crippen LogP contribution in [0.2, 0.25) is 0 Å². The monoisotopic (exact) mass is 939 g/mol. The molecular weight excluding hydrogens is 861 g/mol. The number of amides is 2. The van der Waals surface area contributed by atoms with Crippen LogP contribution in [0.4, 0.5) is 0 Å². The summed E-state index contributed by atoms with van der Waals surface area (Å²) in [5.74, 6) is 0.270. The maximum absolute atomic E-state index is 13.7. The number of benzene rings is 4. The molecule has 12 heteroatoms. The van der Waals surface area contributed by atoms with Crippen molar-refractivity contribution in [1.29, 1.82) is 0 Å². The predicted octanol–water partition coefficient (Wildman–Crippen LogP) is 7.35. The van der Waals surface area contributed by atoms with Gasteiger partial charge in [-0.2, -0.15) is 0 Å². The smallest absolute Gasteiger partial charge is 0.260 e. The summed E-state index contributed by atoms with van der Waals surface area (Å²) in [5.41, 5.74) is 8.11. The van der Waals surface area contributed by atoms with Crippen LogP contribution in [0.15, 0.2) is 48.5 Å². The quantitative estimate of drug-likeness (QED) is 0.0660. The van der Waals surface area contributed by atoms with E-state index in [-0.39, 0.29) is 125 Å². The van der Waals surface area contributed by atoms with E-state index in [1.54, 1.807) is 0 Å². The average molecular weight is 939 g/mol. The second-order valence-electron chi connectivity index (χ2n) is 22.5. The third-order valence-electron chi connectivity index (χ3n) is 12.9. The van der Waals surface area contributed by atoms with Gasteiger partial charge in [-0.1, -0.05) is 132 Å². The fourth-order valence-corrected chi connectivity index (χ4v) is 8.67. The van der Waals surface area contributed by atoms with Gasteiger partial charge in [0.1, 0.15) is 23.0 Å². The maximum Gasteiger partial charge on any atom is 0.260 e. The lowest BCUT2D eigenvalue weighted by Gasteiger charge is -2.28. The second-order valence-corrected chi connectivity index (χ2v) is 22.5. The molecule has 4 aromatic carbocycles. The third-order valence-corrected chi connectivity index (χ3v) is 12.9. The minimum absolute atomic E-state index is 0.0339. The molecule has 1 aliphatic rings. The van der Waals surface area contributed by atoms with Crippen LogP contribution in [0.5, 0.6) is 23.0 Å². The molecule has 0 saturated carbocycles. The molecule has 0 heterocycles. The Morgan fingerprint density at radius 1 is 0.412 bits per heavy atom. The van der Waals surface area contributed by atoms with Crippen LogP contribution in [-0.4, -0.2) is 118 Å². The van der Waals surface area contributed by atoms with Crippen molar-refractivity contribution < 1.29 is 49.7 Å². The number of aromatic hydroxyl groups is 2. The van der Waals surface area contributed by atoms with Crippen LogP contribution in [0, 0.1) is 0 Å². The molecule has 0 aliphatic heterocycles. The molecular formula is C56H78N2O10. The van der Waals surface area contributed by atoms with Crippen LogP contribution in [0.3, 0.4) is 0 Å². The van der Waals surface area contributed by atoms with Crippen LogP contribution in [0.1, 0.15) is 150 Å². The number of hydrogen-bond acceptors (Lipinski definition) is 10. The zero-order valence-corrected chi connectivity index (χ0v) is 42.7. The van der Waals surface area contributed by atoms with E-state index in [1.807, 2.05) is 24.3 Å². The normalized spacial score (nSPS) is 13.3. The van der Waals surface area contributed by atoms with Crippen molar-refractivity contribution in [2.24, 2.45) is 0 Å². The average Bonchev–Trinajstić information content (AvgIpc) is 3.23. The molecule has 0 atom stereocenters. The number of carbonyl (C=O) groups excluding carboxylic acids is 2. The van der Waals surface area contributed by atoms with Crippen molar-refractivity contribution in [3.8, 4) is 23.0 Å². The van der Waals surface area contributed by atoms with Gasteiger partial charge >= 0.3 is 0 Å². The number of fused-ring (bicyclic) bond motifs is 8. The first-order valence-electron chi connectivity index (χ1n) is 24.0. The molecule has 372 valence electrons. The molecule has 68 heavy (non-hydrogen) atoms. The van der Waals surface area contributed by atoms with Gasteiger partial charge in [-0.25, -0.2) is 0 Å². The number of phenolic OH excluding ortho intramolecular Hbond substituents is 2. The number of phenols is 2. The number of aliphatic hydroxyl groups excluding tert-OH is 4. The standard InChI is InChI=1S/C56H78N2O10/c1-53(2,3)43-25-35-21-39-29-45(55(7,8)9)31-41(51(39)67-33-47(63)57(13-17-59)14-18-60)23-37-27-44(54(4,5)6)28-38(50(37)66)24-42-32-46(56(10,11)12)30-40(22-36(26-43)49(35)65)52(42)68-34-48(64)58(15-19-61)16-20-62/h25-32,59-62,65-66H,13-24,33-34H2,1-12H3. The van der Waals surface area contributed by atoms with Gasteiger partial charge < -0.3 is 49.9 Å². The first-order chi connectivity index (χ1) is 31.7. The second kappa shape index (κ2) is 21.7. The maximum atomic E-state index is 13.7. The van der Waals surface area contributed by atoms with Crippen molar-refractivity contribution in [1.82, 2.24) is 9.80 Å². The van der Waals surface area contributed by atoms with Crippen molar-refractivity contribution in [2.75, 3.05) is 65.8 Å². The van der Waals surface area contributed by atoms with Gasteiger partial charge in [-0.3, -0.25) is 9.59 Å². The molecule has 0 fully saturated rings. The molecule has 0 saturated heterocycles. The first kappa shape index (κ1) is 53.8. The number of nitrogens with zero attached hydrogens (tertiary/aromatic N) is 2. The number of aliphatic hydroxyl groups is 4. The van der Waals surface area contributed by atoms with Crippen LogP contribution >= 0.6 is 0 Å². The number of carbonyl (C=O) groups is 2. The summed E-state index contributed by atoms with van der Waals surface area (Å²) in [6.45, 7) is 23.8. The van der Waals surface area contributed by atoms with Crippen LogP contribution in [-0.2, 0) is 56.9 Å². The molecule has 0 aromatic heterocycles. The topological polar surface area (TPSA) is 180 Å². The Balaban J connectivity index is 1.90. The molecule has 4 aromatic rings. The van der Waals surface area contributed by atoms with Crippen molar-refractivity contribution in [3.63, 3.8) is 0 Å². The third kappa shape index (κ3) is 13.1. The van der Waals surface area contributed by atoms with E-state index in [1.165, 1.54) is 9.80 Å². The Morgan fingerprint density at radius 3 is 0.809 bits per heavy atom. The van der Waals surface area contributed by atoms with Gasteiger partial charge in [0.25, 0.3) is 11.8 Å². The Bertz CT molecular complexity index is 2150. The predicted molar refractivity (Wildman–Crippen MR) is 268 cm³/mol.